The molecule has 4 rings (SSSR count). The summed E-state index contributed by atoms with van der Waals surface area (Å²) < 4.78 is 30.0. The summed E-state index contributed by atoms with van der Waals surface area (Å²) >= 11 is 0. The molecule has 0 atom stereocenters. The Balaban J connectivity index is 0.00000289. The van der Waals surface area contributed by atoms with Crippen molar-refractivity contribution in [1.29, 1.82) is 5.26 Å². The molecule has 2 aromatic carbocycles. The number of hydrogen-bond acceptors (Lipinski definition) is 3. The van der Waals surface area contributed by atoms with E-state index < -0.39 is 22.6 Å². The molecule has 0 aliphatic carbocycles. The third-order valence-corrected chi connectivity index (χ3v) is 5.19. The minimum atomic E-state index is -0.992. The van der Waals surface area contributed by atoms with E-state index in [0.29, 0.717) is 5.69 Å². The van der Waals surface area contributed by atoms with E-state index in [1.165, 1.54) is 6.20 Å². The molecular formula is C26H17F2N3Pt. The van der Waals surface area contributed by atoms with Gasteiger partial charge in [-0.1, -0.05) is 49.2 Å². The molecule has 0 fully saturated rings. The zero-order chi connectivity index (χ0) is 22.0. The van der Waals surface area contributed by atoms with Gasteiger partial charge in [-0.2, -0.15) is 41.2 Å². The van der Waals surface area contributed by atoms with Crippen LogP contribution in [-0.2, 0) is 26.5 Å². The Labute approximate surface area is 200 Å². The Hall–Kier alpha value is -3.22. The average Bonchev–Trinajstić information content (AvgIpc) is 2.81. The summed E-state index contributed by atoms with van der Waals surface area (Å²) in [6, 6.07) is 25.4. The van der Waals surface area contributed by atoms with E-state index in [1.807, 2.05) is 44.2 Å². The Morgan fingerprint density at radius 1 is 0.906 bits per heavy atom. The van der Waals surface area contributed by atoms with Gasteiger partial charge < -0.3 is 0 Å². The van der Waals surface area contributed by atoms with E-state index in [4.69, 9.17) is 0 Å². The number of aromatic nitrogens is 2. The first-order valence-corrected chi connectivity index (χ1v) is 9.64. The molecule has 0 N–H and O–H groups in total. The molecule has 6 heteroatoms. The van der Waals surface area contributed by atoms with Crippen molar-refractivity contribution in [1.82, 2.24) is 9.97 Å². The molecule has 2 aromatic heterocycles. The van der Waals surface area contributed by atoms with Gasteiger partial charge in [0.1, 0.15) is 0 Å². The molecule has 0 bridgehead atoms. The van der Waals surface area contributed by atoms with Crippen molar-refractivity contribution in [3.05, 3.63) is 107 Å². The van der Waals surface area contributed by atoms with Gasteiger partial charge in [-0.05, 0) is 12.1 Å². The largest absolute Gasteiger partial charge is 2.00 e. The van der Waals surface area contributed by atoms with Gasteiger partial charge in [0, 0.05) is 28.7 Å². The van der Waals surface area contributed by atoms with Crippen molar-refractivity contribution in [3.63, 3.8) is 0 Å². The van der Waals surface area contributed by atoms with Crippen molar-refractivity contribution in [3.8, 4) is 28.6 Å². The van der Waals surface area contributed by atoms with Crippen LogP contribution in [0.15, 0.2) is 66.9 Å². The molecule has 4 aromatic rings. The number of nitrogens with zero attached hydrogens (tertiary/aromatic N) is 3. The van der Waals surface area contributed by atoms with Gasteiger partial charge in [0.25, 0.3) is 0 Å². The SMILES string of the molecule is CC(C)(c1[c-]cccc1)c1cccc(-c2[c-]c(-c3ccccn3)c(F)c(C#N)c2F)n1.[Pt+2]. The maximum Gasteiger partial charge on any atom is 2.00 e. The molecular weight excluding hydrogens is 587 g/mol. The quantitative estimate of drug-likeness (QED) is 0.274. The Morgan fingerprint density at radius 2 is 1.59 bits per heavy atom. The summed E-state index contributed by atoms with van der Waals surface area (Å²) in [7, 11) is 0. The summed E-state index contributed by atoms with van der Waals surface area (Å²) in [5, 5.41) is 9.39. The second-order valence-electron chi connectivity index (χ2n) is 7.51. The first-order chi connectivity index (χ1) is 14.9. The zero-order valence-corrected chi connectivity index (χ0v) is 19.5. The number of hydrogen-bond donors (Lipinski definition) is 0. The van der Waals surface area contributed by atoms with Crippen LogP contribution in [0, 0.1) is 35.1 Å². The van der Waals surface area contributed by atoms with Crippen LogP contribution in [0.2, 0.25) is 0 Å². The van der Waals surface area contributed by atoms with Crippen molar-refractivity contribution in [2.75, 3.05) is 0 Å². The fraction of sp³-hybridized carbons (Fsp3) is 0.115. The molecule has 2 heterocycles. The summed E-state index contributed by atoms with van der Waals surface area (Å²) in [6.07, 6.45) is 1.50. The maximum absolute atomic E-state index is 15.1. The van der Waals surface area contributed by atoms with E-state index in [0.717, 1.165) is 5.56 Å². The molecule has 0 radical (unpaired) electrons. The smallest absolute Gasteiger partial charge is 0.295 e. The van der Waals surface area contributed by atoms with Crippen LogP contribution in [0.4, 0.5) is 8.78 Å². The predicted octanol–water partition coefficient (Wildman–Crippen LogP) is 5.88. The molecule has 0 aliphatic heterocycles. The Morgan fingerprint density at radius 3 is 2.22 bits per heavy atom. The number of nitriles is 1. The predicted molar refractivity (Wildman–Crippen MR) is 114 cm³/mol. The van der Waals surface area contributed by atoms with E-state index in [1.54, 1.807) is 36.4 Å². The molecule has 0 aliphatic rings. The van der Waals surface area contributed by atoms with E-state index in [-0.39, 0.29) is 43.6 Å². The molecule has 0 unspecified atom stereocenters. The van der Waals surface area contributed by atoms with Gasteiger partial charge >= 0.3 is 21.1 Å². The minimum Gasteiger partial charge on any atom is -0.295 e. The fourth-order valence-corrected chi connectivity index (χ4v) is 3.38. The topological polar surface area (TPSA) is 49.6 Å². The minimum absolute atomic E-state index is 0. The van der Waals surface area contributed by atoms with E-state index >= 15 is 4.39 Å². The van der Waals surface area contributed by atoms with Gasteiger partial charge in [-0.25, -0.2) is 0 Å². The van der Waals surface area contributed by atoms with Crippen LogP contribution in [0.25, 0.3) is 22.5 Å². The van der Waals surface area contributed by atoms with Gasteiger partial charge in [0.05, 0.1) is 23.3 Å². The summed E-state index contributed by atoms with van der Waals surface area (Å²) in [5.41, 5.74) is 0.788. The fourth-order valence-electron chi connectivity index (χ4n) is 3.38. The van der Waals surface area contributed by atoms with Gasteiger partial charge in [-0.15, -0.1) is 6.07 Å². The number of rotatable bonds is 4. The van der Waals surface area contributed by atoms with Crippen LogP contribution in [0.1, 0.15) is 30.7 Å². The van der Waals surface area contributed by atoms with Crippen LogP contribution in [0.5, 0.6) is 0 Å². The van der Waals surface area contributed by atoms with Crippen molar-refractivity contribution >= 4 is 0 Å². The number of pyridine rings is 2. The van der Waals surface area contributed by atoms with Crippen LogP contribution in [-0.4, -0.2) is 9.97 Å². The second kappa shape index (κ2) is 9.51. The molecule has 0 spiro atoms. The standard InChI is InChI=1S/C26H17F2N3.Pt/c1-26(2,17-9-4-3-5-10-17)23-13-8-12-22(31-23)19-15-18(21-11-6-7-14-30-21)24(27)20(16-29)25(19)28;/h3-9,11-14H,1-2H3;/q-2;+2. The van der Waals surface area contributed by atoms with Crippen molar-refractivity contribution in [2.24, 2.45) is 0 Å². The van der Waals surface area contributed by atoms with Crippen molar-refractivity contribution < 1.29 is 29.8 Å². The molecule has 32 heavy (non-hydrogen) atoms. The van der Waals surface area contributed by atoms with Crippen LogP contribution < -0.4 is 0 Å². The van der Waals surface area contributed by atoms with Gasteiger partial charge in [-0.3, -0.25) is 18.7 Å². The number of halogens is 2. The molecule has 3 nitrogen and oxygen atoms in total. The van der Waals surface area contributed by atoms with E-state index in [9.17, 15) is 9.65 Å². The first-order valence-electron chi connectivity index (χ1n) is 9.64. The normalized spacial score (nSPS) is 10.8. The van der Waals surface area contributed by atoms with Gasteiger partial charge in [0.2, 0.25) is 0 Å². The Bertz CT molecular complexity index is 1280. The molecule has 0 saturated carbocycles. The molecule has 160 valence electrons. The summed E-state index contributed by atoms with van der Waals surface area (Å²) in [6.45, 7) is 3.99. The average molecular weight is 605 g/mol. The van der Waals surface area contributed by atoms with E-state index in [2.05, 4.69) is 22.1 Å². The Kier molecular flexibility index (Phi) is 6.96. The monoisotopic (exact) mass is 604 g/mol. The third-order valence-electron chi connectivity index (χ3n) is 5.19. The third kappa shape index (κ3) is 4.24. The molecule has 0 saturated heterocycles. The van der Waals surface area contributed by atoms with Crippen molar-refractivity contribution in [2.45, 2.75) is 19.3 Å². The second-order valence-corrected chi connectivity index (χ2v) is 7.51. The summed E-state index contributed by atoms with van der Waals surface area (Å²) in [5.74, 6) is -1.98. The van der Waals surface area contributed by atoms with Gasteiger partial charge in [0.15, 0.2) is 0 Å². The van der Waals surface area contributed by atoms with Crippen LogP contribution >= 0.6 is 0 Å². The number of benzene rings is 2. The maximum atomic E-state index is 15.1. The van der Waals surface area contributed by atoms with Crippen LogP contribution in [0.3, 0.4) is 0 Å². The summed E-state index contributed by atoms with van der Waals surface area (Å²) in [4.78, 5) is 8.77. The molecule has 0 amide bonds. The zero-order valence-electron chi connectivity index (χ0n) is 17.3. The first kappa shape index (κ1) is 23.4.